The number of sulfone groups is 1. The summed E-state index contributed by atoms with van der Waals surface area (Å²) in [4.78, 5) is 22.8. The first kappa shape index (κ1) is 32.2. The minimum Gasteiger partial charge on any atom is -0.455 e. The van der Waals surface area contributed by atoms with E-state index in [2.05, 4.69) is 10.3 Å². The first-order valence-corrected chi connectivity index (χ1v) is 18.7. The van der Waals surface area contributed by atoms with Crippen molar-refractivity contribution in [3.8, 4) is 22.6 Å². The molecule has 0 aliphatic heterocycles. The molecule has 0 aliphatic rings. The molecule has 0 bridgehead atoms. The highest BCUT2D eigenvalue weighted by Gasteiger charge is 2.27. The van der Waals surface area contributed by atoms with E-state index in [0.717, 1.165) is 16.8 Å². The quantitative estimate of drug-likeness (QED) is 0.223. The summed E-state index contributed by atoms with van der Waals surface area (Å²) >= 11 is 0. The number of aromatic nitrogens is 3. The number of nitrogens with zero attached hydrogens (tertiary/aromatic N) is 4. The van der Waals surface area contributed by atoms with Crippen molar-refractivity contribution in [1.82, 2.24) is 19.7 Å². The summed E-state index contributed by atoms with van der Waals surface area (Å²) in [7, 11) is -4.56. The number of rotatable bonds is 7. The van der Waals surface area contributed by atoms with Gasteiger partial charge in [0.2, 0.25) is 10.0 Å². The van der Waals surface area contributed by atoms with Gasteiger partial charge in [0.1, 0.15) is 40.1 Å². The van der Waals surface area contributed by atoms with E-state index in [1.54, 1.807) is 34.7 Å². The Morgan fingerprint density at radius 1 is 0.918 bits per heavy atom. The van der Waals surface area contributed by atoms with Crippen molar-refractivity contribution in [3.63, 3.8) is 0 Å². The number of hydrogen-bond acceptors (Lipinski definition) is 8. The fraction of sp³-hybridized carbons (Fsp3) is 0.147. The van der Waals surface area contributed by atoms with E-state index in [-0.39, 0.29) is 39.5 Å². The number of pyridine rings is 1. The van der Waals surface area contributed by atoms with Crippen LogP contribution in [-0.2, 0) is 25.6 Å². The van der Waals surface area contributed by atoms with E-state index in [9.17, 15) is 26.0 Å². The summed E-state index contributed by atoms with van der Waals surface area (Å²) in [5.41, 5.74) is 2.91. The molecule has 0 saturated heterocycles. The number of halogens is 2. The van der Waals surface area contributed by atoms with Crippen molar-refractivity contribution in [3.05, 3.63) is 95.8 Å². The minimum absolute atomic E-state index is 0.141. The molecule has 0 unspecified atom stereocenters. The number of carbonyl (C=O) groups is 1. The number of sulfonamides is 1. The van der Waals surface area contributed by atoms with Gasteiger partial charge in [0, 0.05) is 48.3 Å². The second-order valence-corrected chi connectivity index (χ2v) is 15.8. The number of benzene rings is 3. The molecule has 1 amide bonds. The number of furan rings is 1. The molecule has 4 heterocycles. The molecule has 7 aromatic rings. The molecule has 0 spiro atoms. The molecule has 0 saturated carbocycles. The summed E-state index contributed by atoms with van der Waals surface area (Å²) in [5.74, 6) is -1.59. The van der Waals surface area contributed by atoms with Gasteiger partial charge in [-0.3, -0.25) is 13.5 Å². The second-order valence-electron chi connectivity index (χ2n) is 11.7. The van der Waals surface area contributed by atoms with E-state index in [1.807, 2.05) is 0 Å². The Balaban J connectivity index is 1.56. The van der Waals surface area contributed by atoms with Crippen molar-refractivity contribution in [2.24, 2.45) is 0 Å². The van der Waals surface area contributed by atoms with E-state index in [0.29, 0.717) is 38.6 Å². The Labute approximate surface area is 278 Å². The van der Waals surface area contributed by atoms with E-state index < -0.39 is 43.2 Å². The SMILES string of the molecule is CNC(=O)c1c(-c2ccc(F)cc2)oc2cc(N(C)S(C)(=O)=O)c(-c3ccc4nc(CS(C)(=O)=O)n5c6cccc(F)c6cc5c4n3)cc12. The van der Waals surface area contributed by atoms with E-state index in [4.69, 9.17) is 9.40 Å². The summed E-state index contributed by atoms with van der Waals surface area (Å²) in [5, 5.41) is 3.18. The summed E-state index contributed by atoms with van der Waals surface area (Å²) in [6, 6.07) is 17.7. The lowest BCUT2D eigenvalue weighted by Gasteiger charge is -2.20. The van der Waals surface area contributed by atoms with Crippen LogP contribution in [-0.4, -0.2) is 63.7 Å². The van der Waals surface area contributed by atoms with Crippen molar-refractivity contribution in [2.45, 2.75) is 5.75 Å². The van der Waals surface area contributed by atoms with Gasteiger partial charge >= 0.3 is 0 Å². The molecular weight excluding hydrogens is 677 g/mol. The van der Waals surface area contributed by atoms with Crippen molar-refractivity contribution in [2.75, 3.05) is 30.9 Å². The molecule has 0 atom stereocenters. The van der Waals surface area contributed by atoms with Crippen LogP contribution in [0.2, 0.25) is 0 Å². The number of carbonyl (C=O) groups excluding carboxylic acids is 1. The Morgan fingerprint density at radius 3 is 2.33 bits per heavy atom. The molecule has 0 fully saturated rings. The lowest BCUT2D eigenvalue weighted by atomic mass is 10.0. The molecule has 3 aromatic carbocycles. The van der Waals surface area contributed by atoms with Crippen LogP contribution in [0.25, 0.3) is 61.0 Å². The van der Waals surface area contributed by atoms with Crippen LogP contribution in [0.4, 0.5) is 14.5 Å². The second kappa shape index (κ2) is 11.3. The third kappa shape index (κ3) is 5.54. The van der Waals surface area contributed by atoms with Gasteiger partial charge in [-0.05, 0) is 60.7 Å². The average molecular weight is 704 g/mol. The third-order valence-electron chi connectivity index (χ3n) is 8.29. The average Bonchev–Trinajstić information content (AvgIpc) is 3.63. The Kier molecular flexibility index (Phi) is 7.44. The van der Waals surface area contributed by atoms with Crippen molar-refractivity contribution in [1.29, 1.82) is 0 Å². The molecule has 15 heteroatoms. The standard InChI is InChI=1S/C34H27F2N5O6S2/c1-37-34(42)31-22-14-21(27(40(2)49(4,45)46)16-29(22)47-33(31)18-8-10-19(35)11-9-18)24-12-13-25-32(39-24)28-15-20-23(36)6-5-7-26(20)41(28)30(38-25)17-48(3,43)44/h5-16H,17H2,1-4H3,(H,37,42). The van der Waals surface area contributed by atoms with Crippen LogP contribution in [0.3, 0.4) is 0 Å². The number of hydrogen-bond donors (Lipinski definition) is 1. The van der Waals surface area contributed by atoms with Gasteiger partial charge < -0.3 is 9.73 Å². The topological polar surface area (TPSA) is 144 Å². The van der Waals surface area contributed by atoms with Crippen LogP contribution >= 0.6 is 0 Å². The van der Waals surface area contributed by atoms with Crippen LogP contribution in [0.1, 0.15) is 16.2 Å². The fourth-order valence-corrected chi connectivity index (χ4v) is 7.15. The van der Waals surface area contributed by atoms with Gasteiger partial charge in [0.15, 0.2) is 9.84 Å². The number of fused-ring (bicyclic) bond motifs is 6. The molecule has 49 heavy (non-hydrogen) atoms. The smallest absolute Gasteiger partial charge is 0.255 e. The van der Waals surface area contributed by atoms with E-state index >= 15 is 4.39 Å². The largest absolute Gasteiger partial charge is 0.455 e. The first-order valence-electron chi connectivity index (χ1n) is 14.7. The molecule has 11 nitrogen and oxygen atoms in total. The van der Waals surface area contributed by atoms with Crippen molar-refractivity contribution < 1.29 is 34.8 Å². The number of nitrogens with one attached hydrogen (secondary N) is 1. The fourth-order valence-electron chi connectivity index (χ4n) is 5.98. The molecular formula is C34H27F2N5O6S2. The zero-order valence-corrected chi connectivity index (χ0v) is 28.1. The van der Waals surface area contributed by atoms with E-state index in [1.165, 1.54) is 56.6 Å². The minimum atomic E-state index is -3.83. The maximum absolute atomic E-state index is 15.0. The van der Waals surface area contributed by atoms with Gasteiger partial charge in [0.25, 0.3) is 5.91 Å². The van der Waals surface area contributed by atoms with Gasteiger partial charge in [-0.2, -0.15) is 0 Å². The zero-order valence-electron chi connectivity index (χ0n) is 26.4. The summed E-state index contributed by atoms with van der Waals surface area (Å²) < 4.78 is 88.1. The molecule has 7 rings (SSSR count). The van der Waals surface area contributed by atoms with Gasteiger partial charge in [-0.1, -0.05) is 6.07 Å². The Morgan fingerprint density at radius 2 is 1.65 bits per heavy atom. The first-order chi connectivity index (χ1) is 23.1. The van der Waals surface area contributed by atoms with Gasteiger partial charge in [-0.15, -0.1) is 0 Å². The molecule has 0 aliphatic carbocycles. The zero-order chi connectivity index (χ0) is 35.0. The molecule has 1 N–H and O–H groups in total. The summed E-state index contributed by atoms with van der Waals surface area (Å²) in [6.45, 7) is 0. The Hall–Kier alpha value is -5.41. The van der Waals surface area contributed by atoms with Crippen molar-refractivity contribution >= 4 is 69.9 Å². The lowest BCUT2D eigenvalue weighted by Crippen LogP contribution is -2.25. The van der Waals surface area contributed by atoms with Gasteiger partial charge in [0.05, 0.1) is 39.8 Å². The predicted molar refractivity (Wildman–Crippen MR) is 184 cm³/mol. The number of amides is 1. The molecule has 250 valence electrons. The monoisotopic (exact) mass is 703 g/mol. The highest BCUT2D eigenvalue weighted by Crippen LogP contribution is 2.41. The third-order valence-corrected chi connectivity index (χ3v) is 10.3. The van der Waals surface area contributed by atoms with Crippen LogP contribution in [0.15, 0.2) is 77.2 Å². The normalized spacial score (nSPS) is 12.4. The maximum atomic E-state index is 15.0. The van der Waals surface area contributed by atoms with Gasteiger partial charge in [-0.25, -0.2) is 35.6 Å². The maximum Gasteiger partial charge on any atom is 0.255 e. The van der Waals surface area contributed by atoms with Crippen LogP contribution in [0, 0.1) is 11.6 Å². The Bertz CT molecular complexity index is 2740. The van der Waals surface area contributed by atoms with Crippen LogP contribution in [0.5, 0.6) is 0 Å². The molecule has 4 aromatic heterocycles. The highest BCUT2D eigenvalue weighted by atomic mass is 32.2. The lowest BCUT2D eigenvalue weighted by molar-refractivity contribution is 0.0964. The molecule has 0 radical (unpaired) electrons. The summed E-state index contributed by atoms with van der Waals surface area (Å²) in [6.07, 6.45) is 2.12. The van der Waals surface area contributed by atoms with Crippen LogP contribution < -0.4 is 9.62 Å². The number of anilines is 1. The predicted octanol–water partition coefficient (Wildman–Crippen LogP) is 5.69. The highest BCUT2D eigenvalue weighted by molar-refractivity contribution is 7.92.